The number of benzene rings is 2. The number of hydrogen-bond donors (Lipinski definition) is 1. The highest BCUT2D eigenvalue weighted by Gasteiger charge is 2.30. The maximum atomic E-state index is 12.6. The van der Waals surface area contributed by atoms with E-state index in [9.17, 15) is 13.2 Å². The summed E-state index contributed by atoms with van der Waals surface area (Å²) in [5.41, 5.74) is 0.669. The zero-order valence-corrected chi connectivity index (χ0v) is 12.4. The molecule has 0 spiro atoms. The summed E-state index contributed by atoms with van der Waals surface area (Å²) in [6.07, 6.45) is -4.23. The van der Waals surface area contributed by atoms with Crippen LogP contribution in [0.2, 0.25) is 0 Å². The smallest absolute Gasteiger partial charge is 0.416 e. The van der Waals surface area contributed by atoms with Gasteiger partial charge in [-0.25, -0.2) is 0 Å². The first-order valence-corrected chi connectivity index (χ1v) is 6.88. The van der Waals surface area contributed by atoms with Gasteiger partial charge in [-0.05, 0) is 42.0 Å². The van der Waals surface area contributed by atoms with Crippen LogP contribution in [-0.2, 0) is 6.18 Å². The van der Waals surface area contributed by atoms with Crippen LogP contribution in [0.5, 0.6) is 5.75 Å². The van der Waals surface area contributed by atoms with Crippen LogP contribution in [0.3, 0.4) is 0 Å². The number of nitrogens with zero attached hydrogens (tertiary/aromatic N) is 1. The lowest BCUT2D eigenvalue weighted by atomic mass is 10.0. The Hall–Kier alpha value is -2.68. The van der Waals surface area contributed by atoms with Crippen molar-refractivity contribution in [2.75, 3.05) is 12.4 Å². The van der Waals surface area contributed by atoms with E-state index < -0.39 is 17.8 Å². The van der Waals surface area contributed by atoms with Gasteiger partial charge >= 0.3 is 6.18 Å². The van der Waals surface area contributed by atoms with Crippen LogP contribution in [0.25, 0.3) is 0 Å². The molecule has 3 nitrogen and oxygen atoms in total. The minimum Gasteiger partial charge on any atom is -0.497 e. The van der Waals surface area contributed by atoms with E-state index in [1.165, 1.54) is 12.1 Å². The minimum atomic E-state index is -4.37. The summed E-state index contributed by atoms with van der Waals surface area (Å²) in [6, 6.07) is 13.6. The van der Waals surface area contributed by atoms with Gasteiger partial charge in [0.15, 0.2) is 0 Å². The zero-order chi connectivity index (χ0) is 16.9. The number of nitriles is 1. The summed E-state index contributed by atoms with van der Waals surface area (Å²) in [5.74, 6) is 0.696. The summed E-state index contributed by atoms with van der Waals surface area (Å²) in [6.45, 7) is 0. The van der Waals surface area contributed by atoms with Crippen LogP contribution in [0.1, 0.15) is 23.6 Å². The number of methoxy groups -OCH3 is 1. The van der Waals surface area contributed by atoms with Crippen molar-refractivity contribution in [1.29, 1.82) is 5.26 Å². The van der Waals surface area contributed by atoms with Gasteiger partial charge in [-0.3, -0.25) is 0 Å². The van der Waals surface area contributed by atoms with Gasteiger partial charge in [0.2, 0.25) is 0 Å². The molecule has 0 fully saturated rings. The van der Waals surface area contributed by atoms with E-state index in [-0.39, 0.29) is 6.42 Å². The molecule has 2 rings (SSSR count). The van der Waals surface area contributed by atoms with E-state index in [0.29, 0.717) is 11.3 Å². The molecule has 0 bridgehead atoms. The third kappa shape index (κ3) is 4.39. The SMILES string of the molecule is COc1ccc(N[C@@H](CC#N)c2ccc(C(F)(F)F)cc2)cc1. The lowest BCUT2D eigenvalue weighted by molar-refractivity contribution is -0.137. The summed E-state index contributed by atoms with van der Waals surface area (Å²) in [7, 11) is 1.56. The average molecular weight is 320 g/mol. The highest BCUT2D eigenvalue weighted by atomic mass is 19.4. The normalized spacial score (nSPS) is 12.3. The Morgan fingerprint density at radius 3 is 2.17 bits per heavy atom. The summed E-state index contributed by atoms with van der Waals surface area (Å²) in [5, 5.41) is 12.1. The first-order valence-electron chi connectivity index (χ1n) is 6.88. The van der Waals surface area contributed by atoms with Crippen LogP contribution in [-0.4, -0.2) is 7.11 Å². The van der Waals surface area contributed by atoms with E-state index in [1.54, 1.807) is 31.4 Å². The number of halogens is 3. The van der Waals surface area contributed by atoms with E-state index in [1.807, 2.05) is 6.07 Å². The molecular formula is C17H15F3N2O. The van der Waals surface area contributed by atoms with Crippen molar-refractivity contribution in [3.8, 4) is 11.8 Å². The molecule has 0 amide bonds. The predicted octanol–water partition coefficient (Wildman–Crippen LogP) is 4.78. The molecule has 1 N–H and O–H groups in total. The van der Waals surface area contributed by atoms with Crippen LogP contribution >= 0.6 is 0 Å². The monoisotopic (exact) mass is 320 g/mol. The van der Waals surface area contributed by atoms with Crippen LogP contribution in [0.15, 0.2) is 48.5 Å². The molecule has 0 aromatic heterocycles. The van der Waals surface area contributed by atoms with E-state index in [2.05, 4.69) is 5.32 Å². The second-order valence-corrected chi connectivity index (χ2v) is 4.91. The minimum absolute atomic E-state index is 0.136. The molecule has 0 heterocycles. The molecule has 0 radical (unpaired) electrons. The molecular weight excluding hydrogens is 305 g/mol. The fourth-order valence-electron chi connectivity index (χ4n) is 2.14. The van der Waals surface area contributed by atoms with Crippen molar-refractivity contribution in [3.63, 3.8) is 0 Å². The molecule has 0 aliphatic heterocycles. The van der Waals surface area contributed by atoms with Gasteiger partial charge in [-0.15, -0.1) is 0 Å². The van der Waals surface area contributed by atoms with Gasteiger partial charge < -0.3 is 10.1 Å². The van der Waals surface area contributed by atoms with Crippen LogP contribution in [0, 0.1) is 11.3 Å². The summed E-state index contributed by atoms with van der Waals surface area (Å²) >= 11 is 0. The Bertz CT molecular complexity index is 673. The van der Waals surface area contributed by atoms with E-state index in [4.69, 9.17) is 10.00 Å². The lowest BCUT2D eigenvalue weighted by Gasteiger charge is -2.18. The van der Waals surface area contributed by atoms with E-state index >= 15 is 0 Å². The van der Waals surface area contributed by atoms with Crippen LogP contribution in [0.4, 0.5) is 18.9 Å². The Kier molecular flexibility index (Phi) is 5.12. The molecule has 6 heteroatoms. The van der Waals surface area contributed by atoms with Gasteiger partial charge in [0.1, 0.15) is 5.75 Å². The number of hydrogen-bond acceptors (Lipinski definition) is 3. The standard InChI is InChI=1S/C17H15F3N2O/c1-23-15-8-6-14(7-9-15)22-16(10-11-21)12-2-4-13(5-3-12)17(18,19)20/h2-9,16,22H,10H2,1H3/t16-/m0/s1. The largest absolute Gasteiger partial charge is 0.497 e. The van der Waals surface area contributed by atoms with Crippen molar-refractivity contribution in [3.05, 3.63) is 59.7 Å². The predicted molar refractivity (Wildman–Crippen MR) is 81.0 cm³/mol. The molecule has 0 aliphatic carbocycles. The second kappa shape index (κ2) is 7.05. The van der Waals surface area contributed by atoms with Gasteiger partial charge in [-0.1, -0.05) is 12.1 Å². The average Bonchev–Trinajstić information content (AvgIpc) is 2.54. The molecule has 0 unspecified atom stereocenters. The maximum absolute atomic E-state index is 12.6. The third-order valence-corrected chi connectivity index (χ3v) is 3.37. The van der Waals surface area contributed by atoms with Crippen molar-refractivity contribution < 1.29 is 17.9 Å². The summed E-state index contributed by atoms with van der Waals surface area (Å²) in [4.78, 5) is 0. The molecule has 0 saturated carbocycles. The number of ether oxygens (including phenoxy) is 1. The second-order valence-electron chi connectivity index (χ2n) is 4.91. The number of anilines is 1. The number of rotatable bonds is 5. The maximum Gasteiger partial charge on any atom is 0.416 e. The summed E-state index contributed by atoms with van der Waals surface area (Å²) < 4.78 is 42.9. The molecule has 0 aliphatic rings. The fraction of sp³-hybridized carbons (Fsp3) is 0.235. The first-order chi connectivity index (χ1) is 10.9. The number of alkyl halides is 3. The van der Waals surface area contributed by atoms with Crippen molar-refractivity contribution in [2.45, 2.75) is 18.6 Å². The quantitative estimate of drug-likeness (QED) is 0.862. The lowest BCUT2D eigenvalue weighted by Crippen LogP contribution is -2.11. The van der Waals surface area contributed by atoms with Gasteiger partial charge in [0, 0.05) is 5.69 Å². The highest BCUT2D eigenvalue weighted by Crippen LogP contribution is 2.31. The molecule has 0 saturated heterocycles. The molecule has 120 valence electrons. The molecule has 23 heavy (non-hydrogen) atoms. The molecule has 2 aromatic carbocycles. The van der Waals surface area contributed by atoms with Gasteiger partial charge in [0.25, 0.3) is 0 Å². The van der Waals surface area contributed by atoms with Gasteiger partial charge in [0.05, 0.1) is 31.2 Å². The molecule has 1 atom stereocenters. The first kappa shape index (κ1) is 16.7. The molecule has 2 aromatic rings. The Labute approximate surface area is 132 Å². The van der Waals surface area contributed by atoms with Crippen molar-refractivity contribution >= 4 is 5.69 Å². The van der Waals surface area contributed by atoms with E-state index in [0.717, 1.165) is 17.8 Å². The van der Waals surface area contributed by atoms with Crippen LogP contribution < -0.4 is 10.1 Å². The third-order valence-electron chi connectivity index (χ3n) is 3.37. The van der Waals surface area contributed by atoms with Crippen molar-refractivity contribution in [2.24, 2.45) is 0 Å². The Balaban J connectivity index is 2.18. The van der Waals surface area contributed by atoms with Crippen molar-refractivity contribution in [1.82, 2.24) is 0 Å². The highest BCUT2D eigenvalue weighted by molar-refractivity contribution is 5.48. The zero-order valence-electron chi connectivity index (χ0n) is 12.4. The Morgan fingerprint density at radius 1 is 1.09 bits per heavy atom. The number of nitrogens with one attached hydrogen (secondary N) is 1. The fourth-order valence-corrected chi connectivity index (χ4v) is 2.14. The topological polar surface area (TPSA) is 45.0 Å². The Morgan fingerprint density at radius 2 is 1.70 bits per heavy atom. The van der Waals surface area contributed by atoms with Gasteiger partial charge in [-0.2, -0.15) is 18.4 Å².